The van der Waals surface area contributed by atoms with Gasteiger partial charge in [0.15, 0.2) is 10.2 Å². The lowest BCUT2D eigenvalue weighted by atomic mass is 10.0. The van der Waals surface area contributed by atoms with Crippen molar-refractivity contribution in [3.8, 4) is 0 Å². The van der Waals surface area contributed by atoms with E-state index in [1.165, 1.54) is 0 Å². The van der Waals surface area contributed by atoms with E-state index in [1.54, 1.807) is 11.8 Å². The van der Waals surface area contributed by atoms with Gasteiger partial charge in [-0.05, 0) is 66.7 Å². The van der Waals surface area contributed by atoms with Crippen LogP contribution in [-0.4, -0.2) is 21.5 Å². The second-order valence-electron chi connectivity index (χ2n) is 7.39. The SMILES string of the molecule is CC(C)CN1C(=S)N[C@@H](c2ccccn2)[C@@H]1c1ccc(Sc2ccc(Cl)cc2)o1. The minimum Gasteiger partial charge on any atom is -0.452 e. The smallest absolute Gasteiger partial charge is 0.170 e. The minimum atomic E-state index is -0.0537. The first-order chi connectivity index (χ1) is 14.0. The van der Waals surface area contributed by atoms with Crippen LogP contribution in [0.3, 0.4) is 0 Å². The molecule has 0 radical (unpaired) electrons. The van der Waals surface area contributed by atoms with Crippen molar-refractivity contribution in [2.75, 3.05) is 6.54 Å². The maximum absolute atomic E-state index is 6.27. The van der Waals surface area contributed by atoms with Crippen molar-refractivity contribution >= 4 is 40.7 Å². The molecule has 0 amide bonds. The van der Waals surface area contributed by atoms with Crippen LogP contribution in [0.2, 0.25) is 5.02 Å². The van der Waals surface area contributed by atoms with Crippen molar-refractivity contribution in [3.05, 3.63) is 77.3 Å². The van der Waals surface area contributed by atoms with E-state index >= 15 is 0 Å². The number of benzene rings is 1. The summed E-state index contributed by atoms with van der Waals surface area (Å²) in [6.07, 6.45) is 1.81. The van der Waals surface area contributed by atoms with Crippen molar-refractivity contribution in [2.24, 2.45) is 5.92 Å². The van der Waals surface area contributed by atoms with Crippen LogP contribution in [0, 0.1) is 5.92 Å². The average Bonchev–Trinajstić information content (AvgIpc) is 3.28. The topological polar surface area (TPSA) is 41.3 Å². The highest BCUT2D eigenvalue weighted by Gasteiger charge is 2.41. The summed E-state index contributed by atoms with van der Waals surface area (Å²) in [4.78, 5) is 7.86. The molecular weight excluding hydrogens is 422 g/mol. The Balaban J connectivity index is 1.64. The predicted octanol–water partition coefficient (Wildman–Crippen LogP) is 6.11. The third-order valence-corrected chi connectivity index (χ3v) is 6.22. The zero-order valence-electron chi connectivity index (χ0n) is 16.2. The summed E-state index contributed by atoms with van der Waals surface area (Å²) in [5.41, 5.74) is 0.953. The third-order valence-electron chi connectivity index (χ3n) is 4.69. The van der Waals surface area contributed by atoms with Gasteiger partial charge in [-0.1, -0.05) is 43.3 Å². The largest absolute Gasteiger partial charge is 0.452 e. The van der Waals surface area contributed by atoms with E-state index in [2.05, 4.69) is 29.0 Å². The lowest BCUT2D eigenvalue weighted by molar-refractivity contribution is 0.242. The molecule has 0 saturated carbocycles. The number of halogens is 1. The predicted molar refractivity (Wildman–Crippen MR) is 121 cm³/mol. The maximum atomic E-state index is 6.27. The molecule has 2 atom stereocenters. The molecule has 2 aromatic heterocycles. The molecule has 0 spiro atoms. The lowest BCUT2D eigenvalue weighted by Gasteiger charge is -2.27. The van der Waals surface area contributed by atoms with Crippen LogP contribution in [0.4, 0.5) is 0 Å². The molecule has 0 unspecified atom stereocenters. The Labute approximate surface area is 185 Å². The second-order valence-corrected chi connectivity index (χ2v) is 9.29. The van der Waals surface area contributed by atoms with Gasteiger partial charge in [0.1, 0.15) is 11.8 Å². The van der Waals surface area contributed by atoms with Gasteiger partial charge in [0.25, 0.3) is 0 Å². The van der Waals surface area contributed by atoms with Crippen LogP contribution < -0.4 is 5.32 Å². The fraction of sp³-hybridized carbons (Fsp3) is 0.273. The van der Waals surface area contributed by atoms with Gasteiger partial charge >= 0.3 is 0 Å². The second kappa shape index (κ2) is 8.78. The summed E-state index contributed by atoms with van der Waals surface area (Å²) in [7, 11) is 0. The van der Waals surface area contributed by atoms with E-state index in [9.17, 15) is 0 Å². The van der Waals surface area contributed by atoms with Gasteiger partial charge in [0, 0.05) is 22.7 Å². The van der Waals surface area contributed by atoms with Crippen molar-refractivity contribution in [1.29, 1.82) is 0 Å². The van der Waals surface area contributed by atoms with Gasteiger partial charge in [0.2, 0.25) is 0 Å². The molecule has 0 bridgehead atoms. The number of pyridine rings is 1. The van der Waals surface area contributed by atoms with Gasteiger partial charge in [0.05, 0.1) is 11.7 Å². The van der Waals surface area contributed by atoms with Gasteiger partial charge in [-0.3, -0.25) is 4.98 Å². The summed E-state index contributed by atoms with van der Waals surface area (Å²) in [5.74, 6) is 1.35. The number of nitrogens with zero attached hydrogens (tertiary/aromatic N) is 2. The normalized spacial score (nSPS) is 19.0. The van der Waals surface area contributed by atoms with E-state index in [-0.39, 0.29) is 12.1 Å². The van der Waals surface area contributed by atoms with Gasteiger partial charge < -0.3 is 14.6 Å². The highest BCUT2D eigenvalue weighted by Crippen LogP contribution is 2.41. The molecule has 1 aliphatic rings. The number of hydrogen-bond acceptors (Lipinski definition) is 4. The highest BCUT2D eigenvalue weighted by molar-refractivity contribution is 7.99. The molecule has 4 rings (SSSR count). The number of hydrogen-bond donors (Lipinski definition) is 1. The first-order valence-corrected chi connectivity index (χ1v) is 11.1. The molecule has 29 heavy (non-hydrogen) atoms. The Morgan fingerprint density at radius 3 is 2.66 bits per heavy atom. The Morgan fingerprint density at radius 2 is 1.97 bits per heavy atom. The Morgan fingerprint density at radius 1 is 1.17 bits per heavy atom. The fourth-order valence-electron chi connectivity index (χ4n) is 3.47. The molecule has 150 valence electrons. The molecule has 0 aliphatic carbocycles. The molecule has 1 saturated heterocycles. The number of aromatic nitrogens is 1. The van der Waals surface area contributed by atoms with Gasteiger partial charge in [-0.25, -0.2) is 0 Å². The summed E-state index contributed by atoms with van der Waals surface area (Å²) >= 11 is 13.2. The van der Waals surface area contributed by atoms with Crippen molar-refractivity contribution in [3.63, 3.8) is 0 Å². The van der Waals surface area contributed by atoms with E-state index in [1.807, 2.05) is 60.8 Å². The lowest BCUT2D eigenvalue weighted by Crippen LogP contribution is -2.32. The summed E-state index contributed by atoms with van der Waals surface area (Å²) in [6.45, 7) is 5.23. The van der Waals surface area contributed by atoms with Crippen molar-refractivity contribution in [2.45, 2.75) is 35.9 Å². The summed E-state index contributed by atoms with van der Waals surface area (Å²) in [5, 5.41) is 5.75. The molecule has 1 aromatic carbocycles. The number of furan rings is 1. The van der Waals surface area contributed by atoms with E-state index in [4.69, 9.17) is 28.2 Å². The highest BCUT2D eigenvalue weighted by atomic mass is 35.5. The molecule has 1 aliphatic heterocycles. The molecule has 1 N–H and O–H groups in total. The van der Waals surface area contributed by atoms with Gasteiger partial charge in [-0.15, -0.1) is 0 Å². The Bertz CT molecular complexity index is 975. The van der Waals surface area contributed by atoms with Crippen LogP contribution >= 0.6 is 35.6 Å². The van der Waals surface area contributed by atoms with Gasteiger partial charge in [-0.2, -0.15) is 0 Å². The summed E-state index contributed by atoms with van der Waals surface area (Å²) in [6, 6.07) is 17.7. The molecule has 1 fully saturated rings. The molecular formula is C22H22ClN3OS2. The van der Waals surface area contributed by atoms with E-state index < -0.39 is 0 Å². The van der Waals surface area contributed by atoms with Crippen molar-refractivity contribution in [1.82, 2.24) is 15.2 Å². The zero-order valence-corrected chi connectivity index (χ0v) is 18.6. The quantitative estimate of drug-likeness (QED) is 0.463. The van der Waals surface area contributed by atoms with E-state index in [0.717, 1.165) is 38.1 Å². The molecule has 4 nitrogen and oxygen atoms in total. The first kappa shape index (κ1) is 20.3. The maximum Gasteiger partial charge on any atom is 0.170 e. The van der Waals surface area contributed by atoms with Crippen LogP contribution in [0.1, 0.15) is 37.4 Å². The van der Waals surface area contributed by atoms with Crippen molar-refractivity contribution < 1.29 is 4.42 Å². The Kier molecular flexibility index (Phi) is 6.13. The fourth-order valence-corrected chi connectivity index (χ4v) is 4.69. The van der Waals surface area contributed by atoms with Crippen LogP contribution in [0.15, 0.2) is 75.2 Å². The van der Waals surface area contributed by atoms with Crippen LogP contribution in [0.25, 0.3) is 0 Å². The monoisotopic (exact) mass is 443 g/mol. The van der Waals surface area contributed by atoms with Crippen LogP contribution in [0.5, 0.6) is 0 Å². The van der Waals surface area contributed by atoms with E-state index in [0.29, 0.717) is 5.92 Å². The third kappa shape index (κ3) is 4.60. The first-order valence-electron chi connectivity index (χ1n) is 9.52. The number of nitrogens with one attached hydrogen (secondary N) is 1. The number of rotatable bonds is 6. The standard InChI is InChI=1S/C22H22ClN3OS2/c1-14(2)13-26-21(20(25-22(26)28)17-5-3-4-12-24-17)18-10-11-19(27-18)29-16-8-6-15(23)7-9-16/h3-12,14,20-21H,13H2,1-2H3,(H,25,28)/t20-,21-/m0/s1. The zero-order chi connectivity index (χ0) is 20.4. The summed E-state index contributed by atoms with van der Waals surface area (Å²) < 4.78 is 6.27. The molecule has 7 heteroatoms. The molecule has 3 heterocycles. The molecule has 3 aromatic rings. The van der Waals surface area contributed by atoms with Crippen LogP contribution in [-0.2, 0) is 0 Å². The number of thiocarbonyl (C=S) groups is 1. The Hall–Kier alpha value is -2.02. The average molecular weight is 444 g/mol. The minimum absolute atomic E-state index is 0.0423.